The van der Waals surface area contributed by atoms with Crippen LogP contribution in [0.25, 0.3) is 0 Å². The Kier molecular flexibility index (Phi) is 3.91. The number of rotatable bonds is 3. The molecule has 4 nitrogen and oxygen atoms in total. The van der Waals surface area contributed by atoms with Gasteiger partial charge in [0.05, 0.1) is 35.4 Å². The molecule has 1 aliphatic carbocycles. The van der Waals surface area contributed by atoms with Gasteiger partial charge in [0.1, 0.15) is 0 Å². The van der Waals surface area contributed by atoms with Crippen molar-refractivity contribution in [3.63, 3.8) is 0 Å². The molecule has 1 heterocycles. The van der Waals surface area contributed by atoms with Crippen LogP contribution in [-0.4, -0.2) is 31.8 Å². The molecule has 108 valence electrons. The number of benzene rings is 1. The third-order valence-corrected chi connectivity index (χ3v) is 4.43. The summed E-state index contributed by atoms with van der Waals surface area (Å²) in [5, 5.41) is 4.07. The van der Waals surface area contributed by atoms with Gasteiger partial charge in [-0.1, -0.05) is 29.3 Å². The number of hydrogen-bond acceptors (Lipinski definition) is 3. The molecule has 1 atom stereocenters. The quantitative estimate of drug-likeness (QED) is 0.932. The molecule has 0 aromatic heterocycles. The van der Waals surface area contributed by atoms with Crippen LogP contribution in [0.15, 0.2) is 18.2 Å². The summed E-state index contributed by atoms with van der Waals surface area (Å²) in [4.78, 5) is 12.2. The second-order valence-corrected chi connectivity index (χ2v) is 5.95. The fraction of sp³-hybridized carbons (Fsp3) is 0.500. The van der Waals surface area contributed by atoms with Gasteiger partial charge in [-0.05, 0) is 30.5 Å². The van der Waals surface area contributed by atoms with Crippen molar-refractivity contribution in [2.24, 2.45) is 0 Å². The third-order valence-electron chi connectivity index (χ3n) is 3.69. The van der Waals surface area contributed by atoms with Crippen LogP contribution in [0.1, 0.15) is 18.4 Å². The summed E-state index contributed by atoms with van der Waals surface area (Å²) >= 11 is 12.0. The Morgan fingerprint density at radius 1 is 1.25 bits per heavy atom. The van der Waals surface area contributed by atoms with Gasteiger partial charge in [-0.3, -0.25) is 4.79 Å². The number of carbonyl (C=O) groups excluding carboxylic acids is 1. The molecule has 0 radical (unpaired) electrons. The Labute approximate surface area is 127 Å². The minimum absolute atomic E-state index is 0.131. The van der Waals surface area contributed by atoms with E-state index in [9.17, 15) is 4.79 Å². The van der Waals surface area contributed by atoms with Crippen LogP contribution in [0.2, 0.25) is 10.0 Å². The SMILES string of the molecule is O=C(NC1(c2ccc(Cl)c(Cl)c2)CC1)[C@H]1COCCO1. The van der Waals surface area contributed by atoms with E-state index in [4.69, 9.17) is 32.7 Å². The van der Waals surface area contributed by atoms with E-state index < -0.39 is 6.10 Å². The van der Waals surface area contributed by atoms with Crippen LogP contribution in [0.3, 0.4) is 0 Å². The zero-order valence-electron chi connectivity index (χ0n) is 10.8. The number of halogens is 2. The number of carbonyl (C=O) groups is 1. The second-order valence-electron chi connectivity index (χ2n) is 5.13. The van der Waals surface area contributed by atoms with E-state index >= 15 is 0 Å². The zero-order valence-corrected chi connectivity index (χ0v) is 12.3. The van der Waals surface area contributed by atoms with E-state index in [-0.39, 0.29) is 11.4 Å². The maximum absolute atomic E-state index is 12.2. The average molecular weight is 316 g/mol. The van der Waals surface area contributed by atoms with E-state index in [0.29, 0.717) is 29.9 Å². The summed E-state index contributed by atoms with van der Waals surface area (Å²) in [5.74, 6) is -0.131. The van der Waals surface area contributed by atoms with Crippen molar-refractivity contribution in [2.45, 2.75) is 24.5 Å². The fourth-order valence-electron chi connectivity index (χ4n) is 2.36. The zero-order chi connectivity index (χ0) is 14.2. The van der Waals surface area contributed by atoms with Gasteiger partial charge in [0.25, 0.3) is 5.91 Å². The fourth-order valence-corrected chi connectivity index (χ4v) is 2.66. The Bertz CT molecular complexity index is 525. The first kappa shape index (κ1) is 14.1. The molecule has 1 N–H and O–H groups in total. The summed E-state index contributed by atoms with van der Waals surface area (Å²) in [6.45, 7) is 1.31. The first-order valence-corrected chi connectivity index (χ1v) is 7.33. The molecule has 1 aliphatic heterocycles. The smallest absolute Gasteiger partial charge is 0.252 e. The van der Waals surface area contributed by atoms with Crippen molar-refractivity contribution >= 4 is 29.1 Å². The van der Waals surface area contributed by atoms with Gasteiger partial charge in [-0.15, -0.1) is 0 Å². The molecule has 0 unspecified atom stereocenters. The van der Waals surface area contributed by atoms with Crippen LogP contribution >= 0.6 is 23.2 Å². The molecular formula is C14H15Cl2NO3. The van der Waals surface area contributed by atoms with E-state index in [2.05, 4.69) is 5.32 Å². The summed E-state index contributed by atoms with van der Waals surface area (Å²) in [6, 6.07) is 5.47. The van der Waals surface area contributed by atoms with E-state index in [1.807, 2.05) is 12.1 Å². The molecule has 6 heteroatoms. The number of hydrogen-bond donors (Lipinski definition) is 1. The molecule has 2 aliphatic rings. The highest BCUT2D eigenvalue weighted by atomic mass is 35.5. The lowest BCUT2D eigenvalue weighted by Crippen LogP contribution is -2.46. The van der Waals surface area contributed by atoms with Gasteiger partial charge in [-0.25, -0.2) is 0 Å². The van der Waals surface area contributed by atoms with Crippen LogP contribution in [-0.2, 0) is 19.8 Å². The molecule has 1 aromatic rings. The Morgan fingerprint density at radius 2 is 2.05 bits per heavy atom. The van der Waals surface area contributed by atoms with Gasteiger partial charge in [0.2, 0.25) is 0 Å². The molecule has 20 heavy (non-hydrogen) atoms. The summed E-state index contributed by atoms with van der Waals surface area (Å²) < 4.78 is 10.7. The van der Waals surface area contributed by atoms with Gasteiger partial charge in [0, 0.05) is 0 Å². The molecule has 0 spiro atoms. The lowest BCUT2D eigenvalue weighted by atomic mass is 10.0. The molecule has 3 rings (SSSR count). The number of amides is 1. The van der Waals surface area contributed by atoms with Crippen molar-refractivity contribution in [3.8, 4) is 0 Å². The average Bonchev–Trinajstić information content (AvgIpc) is 3.23. The molecule has 1 saturated heterocycles. The summed E-state index contributed by atoms with van der Waals surface area (Å²) in [5.41, 5.74) is 0.656. The van der Waals surface area contributed by atoms with Gasteiger partial charge in [-0.2, -0.15) is 0 Å². The molecule has 1 amide bonds. The molecule has 1 aromatic carbocycles. The van der Waals surface area contributed by atoms with Crippen molar-refractivity contribution in [1.29, 1.82) is 0 Å². The molecule has 0 bridgehead atoms. The predicted octanol–water partition coefficient (Wildman–Crippen LogP) is 2.51. The van der Waals surface area contributed by atoms with E-state index in [1.165, 1.54) is 0 Å². The lowest BCUT2D eigenvalue weighted by Gasteiger charge is -2.25. The van der Waals surface area contributed by atoms with Crippen molar-refractivity contribution in [1.82, 2.24) is 5.32 Å². The predicted molar refractivity (Wildman–Crippen MR) is 76.1 cm³/mol. The lowest BCUT2D eigenvalue weighted by molar-refractivity contribution is -0.148. The molecule has 1 saturated carbocycles. The van der Waals surface area contributed by atoms with E-state index in [0.717, 1.165) is 18.4 Å². The van der Waals surface area contributed by atoms with E-state index in [1.54, 1.807) is 6.07 Å². The van der Waals surface area contributed by atoms with Gasteiger partial charge < -0.3 is 14.8 Å². The van der Waals surface area contributed by atoms with Crippen molar-refractivity contribution in [3.05, 3.63) is 33.8 Å². The summed E-state index contributed by atoms with van der Waals surface area (Å²) in [6.07, 6.45) is 1.26. The largest absolute Gasteiger partial charge is 0.376 e. The number of ether oxygens (including phenoxy) is 2. The van der Waals surface area contributed by atoms with Gasteiger partial charge >= 0.3 is 0 Å². The normalized spacial score (nSPS) is 24.2. The van der Waals surface area contributed by atoms with Crippen LogP contribution in [0.4, 0.5) is 0 Å². The third kappa shape index (κ3) is 2.79. The maximum Gasteiger partial charge on any atom is 0.252 e. The standard InChI is InChI=1S/C14H15Cl2NO3/c15-10-2-1-9(7-11(10)16)14(3-4-14)17-13(18)12-8-19-5-6-20-12/h1-2,7,12H,3-6,8H2,(H,17,18)/t12-/m1/s1. The monoisotopic (exact) mass is 315 g/mol. The second kappa shape index (κ2) is 5.53. The number of nitrogens with one attached hydrogen (secondary N) is 1. The highest BCUT2D eigenvalue weighted by Crippen LogP contribution is 2.46. The van der Waals surface area contributed by atoms with Crippen molar-refractivity contribution in [2.75, 3.05) is 19.8 Å². The minimum atomic E-state index is -0.524. The Balaban J connectivity index is 1.72. The Morgan fingerprint density at radius 3 is 2.65 bits per heavy atom. The van der Waals surface area contributed by atoms with Crippen LogP contribution in [0, 0.1) is 0 Å². The Hall–Kier alpha value is -0.810. The minimum Gasteiger partial charge on any atom is -0.376 e. The first-order chi connectivity index (χ1) is 9.61. The molecule has 2 fully saturated rings. The van der Waals surface area contributed by atoms with Crippen LogP contribution in [0.5, 0.6) is 0 Å². The summed E-state index contributed by atoms with van der Waals surface area (Å²) in [7, 11) is 0. The van der Waals surface area contributed by atoms with Crippen LogP contribution < -0.4 is 5.32 Å². The topological polar surface area (TPSA) is 47.6 Å². The first-order valence-electron chi connectivity index (χ1n) is 6.58. The highest BCUT2D eigenvalue weighted by molar-refractivity contribution is 6.42. The highest BCUT2D eigenvalue weighted by Gasteiger charge is 2.47. The maximum atomic E-state index is 12.2. The van der Waals surface area contributed by atoms with Gasteiger partial charge in [0.15, 0.2) is 6.10 Å². The molecular weight excluding hydrogens is 301 g/mol. The van der Waals surface area contributed by atoms with Crippen molar-refractivity contribution < 1.29 is 14.3 Å².